The van der Waals surface area contributed by atoms with Crippen LogP contribution in [0.15, 0.2) is 0 Å². The van der Waals surface area contributed by atoms with Gasteiger partial charge in [-0.15, -0.1) is 6.42 Å². The van der Waals surface area contributed by atoms with Gasteiger partial charge in [0.2, 0.25) is 0 Å². The first-order valence-corrected chi connectivity index (χ1v) is 2.13. The first kappa shape index (κ1) is 11.4. The van der Waals surface area contributed by atoms with Gasteiger partial charge in [0.25, 0.3) is 0 Å². The number of rotatable bonds is 3. The summed E-state index contributed by atoms with van der Waals surface area (Å²) >= 11 is 0. The molecule has 3 heteroatoms. The van der Waals surface area contributed by atoms with E-state index in [9.17, 15) is 4.79 Å². The van der Waals surface area contributed by atoms with Crippen molar-refractivity contribution in [2.45, 2.75) is 19.4 Å². The molecule has 0 aliphatic heterocycles. The summed E-state index contributed by atoms with van der Waals surface area (Å²) in [6, 6.07) is 0. The molecule has 0 saturated heterocycles. The van der Waals surface area contributed by atoms with Gasteiger partial charge in [-0.1, -0.05) is 6.47 Å². The van der Waals surface area contributed by atoms with Crippen LogP contribution in [0.3, 0.4) is 0 Å². The average Bonchev–Trinajstić information content (AvgIpc) is 1.68. The van der Waals surface area contributed by atoms with Crippen LogP contribution in [0.25, 0.3) is 0 Å². The molecule has 0 heterocycles. The fourth-order valence-electron chi connectivity index (χ4n) is 0.141. The van der Waals surface area contributed by atoms with E-state index in [1.807, 2.05) is 0 Å². The first-order valence-electron chi connectivity index (χ1n) is 2.13. The molecular weight excluding hydrogens is 181 g/mol. The molecule has 0 fully saturated rings. The Kier molecular flexibility index (Phi) is 10.8. The van der Waals surface area contributed by atoms with Crippen LogP contribution in [-0.2, 0) is 42.2 Å². The molecule has 1 atom stereocenters. The van der Waals surface area contributed by atoms with E-state index < -0.39 is 0 Å². The van der Waals surface area contributed by atoms with Crippen molar-refractivity contribution in [1.29, 1.82) is 0 Å². The summed E-state index contributed by atoms with van der Waals surface area (Å²) in [5.74, 6) is 0. The van der Waals surface area contributed by atoms with Crippen molar-refractivity contribution < 1.29 is 42.2 Å². The molecule has 0 aliphatic carbocycles. The summed E-state index contributed by atoms with van der Waals surface area (Å²) in [6.45, 7) is 6.59. The third-order valence-electron chi connectivity index (χ3n) is 0.656. The van der Waals surface area contributed by atoms with Crippen LogP contribution >= 0.6 is 0 Å². The minimum absolute atomic E-state index is 0. The van der Waals surface area contributed by atoms with Gasteiger partial charge in [0.1, 0.15) is 0 Å². The molecule has 0 spiro atoms. The Balaban J connectivity index is 0. The fourth-order valence-corrected chi connectivity index (χ4v) is 0.141. The van der Waals surface area contributed by atoms with Crippen molar-refractivity contribution in [3.05, 3.63) is 6.92 Å². The molecule has 0 saturated carbocycles. The van der Waals surface area contributed by atoms with Gasteiger partial charge in [-0.05, 0) is 6.92 Å². The van der Waals surface area contributed by atoms with Crippen molar-refractivity contribution in [1.82, 2.24) is 0 Å². The minimum Gasteiger partial charge on any atom is -0.652 e. The Morgan fingerprint density at radius 3 is 2.50 bits per heavy atom. The Morgan fingerprint density at radius 2 is 2.38 bits per heavy atom. The molecular formula is C5H8O2Y-2. The number of ether oxygens (including phenoxy) is 1. The summed E-state index contributed by atoms with van der Waals surface area (Å²) in [6.07, 6.45) is 0.521. The van der Waals surface area contributed by atoms with Crippen LogP contribution in [0.4, 0.5) is 0 Å². The molecule has 0 aromatic rings. The van der Waals surface area contributed by atoms with E-state index in [0.717, 1.165) is 0 Å². The van der Waals surface area contributed by atoms with E-state index in [0.29, 0.717) is 6.42 Å². The van der Waals surface area contributed by atoms with E-state index >= 15 is 0 Å². The summed E-state index contributed by atoms with van der Waals surface area (Å²) in [7, 11) is 0. The Hall–Kier alpha value is 0.574. The van der Waals surface area contributed by atoms with Crippen LogP contribution in [0.5, 0.6) is 0 Å². The van der Waals surface area contributed by atoms with Gasteiger partial charge in [0.15, 0.2) is 0 Å². The van der Waals surface area contributed by atoms with Crippen LogP contribution in [0.2, 0.25) is 0 Å². The zero-order chi connectivity index (χ0) is 5.70. The van der Waals surface area contributed by atoms with Gasteiger partial charge in [-0.3, -0.25) is 0 Å². The topological polar surface area (TPSA) is 26.3 Å². The monoisotopic (exact) mass is 189 g/mol. The summed E-state index contributed by atoms with van der Waals surface area (Å²) < 4.78 is 4.32. The predicted molar refractivity (Wildman–Crippen MR) is 26.2 cm³/mol. The molecule has 0 bridgehead atoms. The van der Waals surface area contributed by atoms with Crippen molar-refractivity contribution in [3.63, 3.8) is 0 Å². The zero-order valence-electron chi connectivity index (χ0n) is 4.89. The smallest absolute Gasteiger partial charge is 0.0287 e. The second-order valence-corrected chi connectivity index (χ2v) is 1.30. The standard InChI is InChI=1S/C5H8O2.Y/c1-3-5(2)7-4-6;/h5H,1,3H2,2H3;/q-2;. The minimum atomic E-state index is -0.0856. The number of hydrogen-bond donors (Lipinski definition) is 0. The second-order valence-electron chi connectivity index (χ2n) is 1.30. The third kappa shape index (κ3) is 6.57. The number of carbonyl (C=O) groups excluding carboxylic acids is 1. The maximum atomic E-state index is 9.40. The van der Waals surface area contributed by atoms with Gasteiger partial charge in [0.05, 0.1) is 0 Å². The molecule has 0 aliphatic rings. The van der Waals surface area contributed by atoms with Crippen LogP contribution in [0, 0.1) is 6.92 Å². The largest absolute Gasteiger partial charge is 0.652 e. The molecule has 0 amide bonds. The van der Waals surface area contributed by atoms with Crippen LogP contribution in [-0.4, -0.2) is 12.6 Å². The maximum Gasteiger partial charge on any atom is 0.0287 e. The second kappa shape index (κ2) is 7.57. The molecule has 8 heavy (non-hydrogen) atoms. The first-order chi connectivity index (χ1) is 3.31. The van der Waals surface area contributed by atoms with Crippen molar-refractivity contribution in [2.24, 2.45) is 0 Å². The summed E-state index contributed by atoms with van der Waals surface area (Å²) in [5, 5.41) is 0. The van der Waals surface area contributed by atoms with Gasteiger partial charge < -0.3 is 16.5 Å². The van der Waals surface area contributed by atoms with E-state index in [1.165, 1.54) is 6.47 Å². The van der Waals surface area contributed by atoms with Crippen molar-refractivity contribution >= 4 is 6.47 Å². The molecule has 0 aromatic carbocycles. The van der Waals surface area contributed by atoms with E-state index in [4.69, 9.17) is 0 Å². The SMILES string of the molecule is [CH2-]CC(C)O[C-]=O.[Y]. The Labute approximate surface area is 74.9 Å². The van der Waals surface area contributed by atoms with Gasteiger partial charge >= 0.3 is 0 Å². The normalized spacial score (nSPS) is 11.2. The van der Waals surface area contributed by atoms with E-state index in [2.05, 4.69) is 11.7 Å². The molecule has 2 nitrogen and oxygen atoms in total. The quantitative estimate of drug-likeness (QED) is 0.610. The molecule has 0 aromatic heterocycles. The van der Waals surface area contributed by atoms with Crippen molar-refractivity contribution in [2.75, 3.05) is 0 Å². The van der Waals surface area contributed by atoms with Gasteiger partial charge in [-0.25, -0.2) is 0 Å². The van der Waals surface area contributed by atoms with E-state index in [-0.39, 0.29) is 38.8 Å². The van der Waals surface area contributed by atoms with Crippen LogP contribution in [0.1, 0.15) is 13.3 Å². The van der Waals surface area contributed by atoms with E-state index in [1.54, 1.807) is 6.92 Å². The zero-order valence-corrected chi connectivity index (χ0v) is 7.72. The van der Waals surface area contributed by atoms with Gasteiger partial charge in [0, 0.05) is 38.8 Å². The molecule has 0 rings (SSSR count). The molecule has 0 N–H and O–H groups in total. The Morgan fingerprint density at radius 1 is 1.88 bits per heavy atom. The van der Waals surface area contributed by atoms with Crippen LogP contribution < -0.4 is 0 Å². The molecule has 45 valence electrons. The fraction of sp³-hybridized carbons (Fsp3) is 0.600. The maximum absolute atomic E-state index is 9.40. The summed E-state index contributed by atoms with van der Waals surface area (Å²) in [5.41, 5.74) is 0. The molecule has 1 radical (unpaired) electrons. The Bertz CT molecular complexity index is 56.4. The van der Waals surface area contributed by atoms with Gasteiger partial charge in [-0.2, -0.15) is 0 Å². The average molecular weight is 189 g/mol. The predicted octanol–water partition coefficient (Wildman–Crippen LogP) is 0.680. The number of hydrogen-bond acceptors (Lipinski definition) is 2. The molecule has 1 unspecified atom stereocenters. The third-order valence-corrected chi connectivity index (χ3v) is 0.656. The summed E-state index contributed by atoms with van der Waals surface area (Å²) in [4.78, 5) is 9.40. The van der Waals surface area contributed by atoms with Crippen molar-refractivity contribution in [3.8, 4) is 0 Å².